The number of rotatable bonds is 8. The molecule has 0 spiro atoms. The monoisotopic (exact) mass is 480 g/mol. The third-order valence-electron chi connectivity index (χ3n) is 5.69. The average molecular weight is 481 g/mol. The Morgan fingerprint density at radius 1 is 0.889 bits per heavy atom. The number of amides is 2. The zero-order chi connectivity index (χ0) is 25.5. The molecule has 0 aliphatic rings. The minimum absolute atomic E-state index is 0.0983. The van der Waals surface area contributed by atoms with Crippen LogP contribution in [0.1, 0.15) is 32.9 Å². The predicted octanol–water partition coefficient (Wildman–Crippen LogP) is 5.18. The highest BCUT2D eigenvalue weighted by Gasteiger charge is 2.09. The average Bonchev–Trinajstić information content (AvgIpc) is 3.22. The van der Waals surface area contributed by atoms with Crippen LogP contribution in [0.25, 0.3) is 5.69 Å². The van der Waals surface area contributed by atoms with Crippen molar-refractivity contribution >= 4 is 23.7 Å². The molecule has 0 fully saturated rings. The Balaban J connectivity index is 1.29. The Morgan fingerprint density at radius 2 is 1.61 bits per heavy atom. The first-order valence-electron chi connectivity index (χ1n) is 11.6. The molecule has 182 valence electrons. The number of carbonyl (C=O) groups is 2. The van der Waals surface area contributed by atoms with Gasteiger partial charge in [-0.25, -0.2) is 5.43 Å². The van der Waals surface area contributed by atoms with E-state index in [2.05, 4.69) is 20.4 Å². The van der Waals surface area contributed by atoms with Crippen LogP contribution < -0.4 is 15.5 Å². The number of benzene rings is 3. The van der Waals surface area contributed by atoms with Gasteiger partial charge in [-0.3, -0.25) is 9.59 Å². The lowest BCUT2D eigenvalue weighted by Gasteiger charge is -2.10. The predicted molar refractivity (Wildman–Crippen MR) is 142 cm³/mol. The Hall–Kier alpha value is -4.65. The van der Waals surface area contributed by atoms with E-state index in [-0.39, 0.29) is 18.4 Å². The Labute approximate surface area is 210 Å². The van der Waals surface area contributed by atoms with Crippen LogP contribution in [0.3, 0.4) is 0 Å². The van der Waals surface area contributed by atoms with E-state index in [1.165, 1.54) is 0 Å². The van der Waals surface area contributed by atoms with Gasteiger partial charge in [0.25, 0.3) is 11.8 Å². The SMILES string of the molecule is Cc1ccccc1NC(=O)COc1ccc(/C=N\NC(=O)c2cccc(-n3c(C)ccc3C)c2)cc1. The van der Waals surface area contributed by atoms with Gasteiger partial charge in [0.1, 0.15) is 5.75 Å². The molecule has 0 bridgehead atoms. The zero-order valence-corrected chi connectivity index (χ0v) is 20.5. The van der Waals surface area contributed by atoms with Gasteiger partial charge in [0.15, 0.2) is 6.61 Å². The highest BCUT2D eigenvalue weighted by Crippen LogP contribution is 2.18. The molecule has 1 aromatic heterocycles. The Morgan fingerprint density at radius 3 is 2.33 bits per heavy atom. The lowest BCUT2D eigenvalue weighted by atomic mass is 10.2. The number of anilines is 1. The summed E-state index contributed by atoms with van der Waals surface area (Å²) in [6.07, 6.45) is 1.55. The number of hydrazone groups is 1. The molecule has 0 atom stereocenters. The van der Waals surface area contributed by atoms with Crippen molar-refractivity contribution in [3.8, 4) is 11.4 Å². The minimum atomic E-state index is -0.296. The summed E-state index contributed by atoms with van der Waals surface area (Å²) >= 11 is 0. The summed E-state index contributed by atoms with van der Waals surface area (Å²) in [7, 11) is 0. The van der Waals surface area contributed by atoms with E-state index in [0.717, 1.165) is 33.9 Å². The summed E-state index contributed by atoms with van der Waals surface area (Å²) in [4.78, 5) is 24.7. The third kappa shape index (κ3) is 6.07. The van der Waals surface area contributed by atoms with E-state index in [1.54, 1.807) is 36.5 Å². The fourth-order valence-corrected chi connectivity index (χ4v) is 3.79. The minimum Gasteiger partial charge on any atom is -0.484 e. The van der Waals surface area contributed by atoms with E-state index in [9.17, 15) is 9.59 Å². The molecule has 0 aliphatic heterocycles. The summed E-state index contributed by atoms with van der Waals surface area (Å²) in [5.74, 6) is 0.0301. The van der Waals surface area contributed by atoms with Crippen LogP contribution in [0, 0.1) is 20.8 Å². The second kappa shape index (κ2) is 11.2. The smallest absolute Gasteiger partial charge is 0.271 e. The Kier molecular flexibility index (Phi) is 7.60. The second-order valence-electron chi connectivity index (χ2n) is 8.42. The lowest BCUT2D eigenvalue weighted by Crippen LogP contribution is -2.20. The van der Waals surface area contributed by atoms with Crippen molar-refractivity contribution in [2.45, 2.75) is 20.8 Å². The number of carbonyl (C=O) groups excluding carboxylic acids is 2. The third-order valence-corrected chi connectivity index (χ3v) is 5.69. The van der Waals surface area contributed by atoms with Crippen molar-refractivity contribution in [2.24, 2.45) is 5.10 Å². The molecule has 36 heavy (non-hydrogen) atoms. The van der Waals surface area contributed by atoms with E-state index in [1.807, 2.05) is 75.4 Å². The fraction of sp³-hybridized carbons (Fsp3) is 0.138. The number of aromatic nitrogens is 1. The topological polar surface area (TPSA) is 84.7 Å². The molecule has 2 N–H and O–H groups in total. The van der Waals surface area contributed by atoms with Crippen LogP contribution in [0.5, 0.6) is 5.75 Å². The number of nitrogens with zero attached hydrogens (tertiary/aromatic N) is 2. The van der Waals surface area contributed by atoms with Crippen LogP contribution in [-0.2, 0) is 4.79 Å². The summed E-state index contributed by atoms with van der Waals surface area (Å²) < 4.78 is 7.66. The van der Waals surface area contributed by atoms with Crippen LogP contribution in [0.4, 0.5) is 5.69 Å². The van der Waals surface area contributed by atoms with Gasteiger partial charge in [0.2, 0.25) is 0 Å². The van der Waals surface area contributed by atoms with Gasteiger partial charge in [-0.05, 0) is 92.6 Å². The van der Waals surface area contributed by atoms with Crippen LogP contribution in [0.2, 0.25) is 0 Å². The van der Waals surface area contributed by atoms with Crippen molar-refractivity contribution in [3.63, 3.8) is 0 Å². The summed E-state index contributed by atoms with van der Waals surface area (Å²) in [6, 6.07) is 26.2. The standard InChI is InChI=1S/C29H28N4O3/c1-20-7-4-5-10-27(20)31-28(34)19-36-26-15-13-23(14-16-26)18-30-32-29(35)24-8-6-9-25(17-24)33-21(2)11-12-22(33)3/h4-18H,19H2,1-3H3,(H,31,34)(H,32,35)/b30-18-. The van der Waals surface area contributed by atoms with E-state index >= 15 is 0 Å². The second-order valence-corrected chi connectivity index (χ2v) is 8.42. The molecule has 4 rings (SSSR count). The zero-order valence-electron chi connectivity index (χ0n) is 20.5. The first-order valence-corrected chi connectivity index (χ1v) is 11.6. The first-order chi connectivity index (χ1) is 17.4. The summed E-state index contributed by atoms with van der Waals surface area (Å²) in [5, 5.41) is 6.90. The largest absolute Gasteiger partial charge is 0.484 e. The number of para-hydroxylation sites is 1. The van der Waals surface area contributed by atoms with Gasteiger partial charge in [-0.1, -0.05) is 24.3 Å². The normalized spacial score (nSPS) is 10.9. The molecule has 0 radical (unpaired) electrons. The number of hydrogen-bond donors (Lipinski definition) is 2. The number of aryl methyl sites for hydroxylation is 3. The lowest BCUT2D eigenvalue weighted by molar-refractivity contribution is -0.118. The van der Waals surface area contributed by atoms with Crippen LogP contribution >= 0.6 is 0 Å². The molecule has 0 saturated heterocycles. The van der Waals surface area contributed by atoms with Crippen molar-refractivity contribution in [1.82, 2.24) is 9.99 Å². The molecule has 7 nitrogen and oxygen atoms in total. The molecule has 0 aliphatic carbocycles. The van der Waals surface area contributed by atoms with Crippen molar-refractivity contribution in [3.05, 3.63) is 113 Å². The number of nitrogens with one attached hydrogen (secondary N) is 2. The van der Waals surface area contributed by atoms with Gasteiger partial charge in [0.05, 0.1) is 6.21 Å². The number of ether oxygens (including phenoxy) is 1. The van der Waals surface area contributed by atoms with Gasteiger partial charge < -0.3 is 14.6 Å². The van der Waals surface area contributed by atoms with Crippen LogP contribution in [-0.4, -0.2) is 29.2 Å². The van der Waals surface area contributed by atoms with E-state index in [4.69, 9.17) is 4.74 Å². The molecule has 3 aromatic carbocycles. The van der Waals surface area contributed by atoms with Gasteiger partial charge in [-0.2, -0.15) is 5.10 Å². The molecule has 2 amide bonds. The summed E-state index contributed by atoms with van der Waals surface area (Å²) in [6.45, 7) is 5.89. The Bertz CT molecular complexity index is 1380. The molecule has 0 saturated carbocycles. The van der Waals surface area contributed by atoms with Gasteiger partial charge in [0, 0.05) is 28.3 Å². The number of hydrogen-bond acceptors (Lipinski definition) is 4. The van der Waals surface area contributed by atoms with Crippen LogP contribution in [0.15, 0.2) is 90.0 Å². The van der Waals surface area contributed by atoms with Crippen molar-refractivity contribution < 1.29 is 14.3 Å². The van der Waals surface area contributed by atoms with E-state index < -0.39 is 0 Å². The van der Waals surface area contributed by atoms with Gasteiger partial charge in [-0.15, -0.1) is 0 Å². The maximum absolute atomic E-state index is 12.6. The molecule has 0 unspecified atom stereocenters. The highest BCUT2D eigenvalue weighted by atomic mass is 16.5. The quantitative estimate of drug-likeness (QED) is 0.269. The van der Waals surface area contributed by atoms with Crippen molar-refractivity contribution in [1.29, 1.82) is 0 Å². The maximum atomic E-state index is 12.6. The van der Waals surface area contributed by atoms with Gasteiger partial charge >= 0.3 is 0 Å². The fourth-order valence-electron chi connectivity index (χ4n) is 3.79. The van der Waals surface area contributed by atoms with Crippen molar-refractivity contribution in [2.75, 3.05) is 11.9 Å². The summed E-state index contributed by atoms with van der Waals surface area (Å²) in [5.41, 5.74) is 8.74. The molecule has 1 heterocycles. The molecule has 7 heteroatoms. The molecular formula is C29H28N4O3. The first kappa shape index (κ1) is 24.5. The van der Waals surface area contributed by atoms with E-state index in [0.29, 0.717) is 11.3 Å². The maximum Gasteiger partial charge on any atom is 0.271 e. The molecular weight excluding hydrogens is 452 g/mol. The highest BCUT2D eigenvalue weighted by molar-refractivity contribution is 5.95. The molecule has 4 aromatic rings.